The molecule has 2 rings (SSSR count). The van der Waals surface area contributed by atoms with E-state index in [4.69, 9.17) is 4.74 Å². The number of hydrogen-bond acceptors (Lipinski definition) is 5. The maximum Gasteiger partial charge on any atom is 0.311 e. The molecule has 0 atom stereocenters. The Hall–Kier alpha value is -2.63. The predicted octanol–water partition coefficient (Wildman–Crippen LogP) is 2.74. The molecule has 0 spiro atoms. The lowest BCUT2D eigenvalue weighted by atomic mass is 10.3. The summed E-state index contributed by atoms with van der Waals surface area (Å²) in [5.41, 5.74) is 0.626. The Morgan fingerprint density at radius 2 is 1.94 bits per heavy atom. The third-order valence-electron chi connectivity index (χ3n) is 2.29. The van der Waals surface area contributed by atoms with E-state index in [0.29, 0.717) is 5.88 Å². The van der Waals surface area contributed by atoms with Crippen LogP contribution >= 0.6 is 0 Å². The summed E-state index contributed by atoms with van der Waals surface area (Å²) in [7, 11) is 1.46. The van der Waals surface area contributed by atoms with Crippen LogP contribution < -0.4 is 10.1 Å². The van der Waals surface area contributed by atoms with E-state index in [2.05, 4.69) is 10.3 Å². The molecule has 92 valence electrons. The molecule has 0 unspecified atom stereocenters. The van der Waals surface area contributed by atoms with Crippen molar-refractivity contribution in [1.29, 1.82) is 0 Å². The summed E-state index contributed by atoms with van der Waals surface area (Å²) in [6.45, 7) is 0. The van der Waals surface area contributed by atoms with Crippen molar-refractivity contribution in [2.75, 3.05) is 12.4 Å². The minimum atomic E-state index is -0.488. The highest BCUT2D eigenvalue weighted by molar-refractivity contribution is 5.65. The topological polar surface area (TPSA) is 77.3 Å². The fourth-order valence-corrected chi connectivity index (χ4v) is 1.45. The van der Waals surface area contributed by atoms with Gasteiger partial charge < -0.3 is 10.1 Å². The number of nitrogens with one attached hydrogen (secondary N) is 1. The Morgan fingerprint density at radius 1 is 1.22 bits per heavy atom. The molecule has 0 saturated heterocycles. The molecular formula is C12H11N3O3. The van der Waals surface area contributed by atoms with Crippen LogP contribution in [0.25, 0.3) is 0 Å². The summed E-state index contributed by atoms with van der Waals surface area (Å²) >= 11 is 0. The van der Waals surface area contributed by atoms with Crippen molar-refractivity contribution in [3.8, 4) is 5.88 Å². The van der Waals surface area contributed by atoms with Crippen LogP contribution in [-0.4, -0.2) is 17.0 Å². The van der Waals surface area contributed by atoms with E-state index in [1.165, 1.54) is 19.2 Å². The Balaban J connectivity index is 2.38. The number of para-hydroxylation sites is 1. The van der Waals surface area contributed by atoms with Crippen LogP contribution in [0.3, 0.4) is 0 Å². The largest absolute Gasteiger partial charge is 0.481 e. The molecule has 0 aliphatic carbocycles. The van der Waals surface area contributed by atoms with Crippen molar-refractivity contribution in [1.82, 2.24) is 4.98 Å². The molecule has 0 saturated carbocycles. The Morgan fingerprint density at radius 3 is 2.56 bits per heavy atom. The zero-order chi connectivity index (χ0) is 13.0. The van der Waals surface area contributed by atoms with Gasteiger partial charge in [-0.15, -0.1) is 0 Å². The van der Waals surface area contributed by atoms with Crippen molar-refractivity contribution in [2.24, 2.45) is 0 Å². The molecule has 2 aromatic rings. The molecule has 0 aliphatic heterocycles. The Labute approximate surface area is 103 Å². The molecule has 1 aromatic heterocycles. The second kappa shape index (κ2) is 5.13. The van der Waals surface area contributed by atoms with Crippen LogP contribution in [0.15, 0.2) is 42.5 Å². The highest BCUT2D eigenvalue weighted by Crippen LogP contribution is 2.27. The molecule has 0 fully saturated rings. The normalized spacial score (nSPS) is 9.83. The monoisotopic (exact) mass is 245 g/mol. The van der Waals surface area contributed by atoms with Gasteiger partial charge in [-0.1, -0.05) is 18.2 Å². The first kappa shape index (κ1) is 11.8. The van der Waals surface area contributed by atoms with E-state index in [0.717, 1.165) is 5.69 Å². The van der Waals surface area contributed by atoms with Crippen molar-refractivity contribution in [3.63, 3.8) is 0 Å². The average Bonchev–Trinajstić information content (AvgIpc) is 2.39. The number of benzene rings is 1. The molecule has 0 aliphatic rings. The van der Waals surface area contributed by atoms with E-state index in [-0.39, 0.29) is 11.5 Å². The third-order valence-corrected chi connectivity index (χ3v) is 2.29. The average molecular weight is 245 g/mol. The van der Waals surface area contributed by atoms with Gasteiger partial charge in [0.25, 0.3) is 0 Å². The zero-order valence-corrected chi connectivity index (χ0v) is 9.66. The van der Waals surface area contributed by atoms with Gasteiger partial charge in [0.1, 0.15) is 0 Å². The van der Waals surface area contributed by atoms with Gasteiger partial charge in [0.05, 0.1) is 12.0 Å². The standard InChI is InChI=1S/C12H11N3O3/c1-18-11-8-7-10(15(16)17)12(14-11)13-9-5-3-2-4-6-9/h2-8H,1H3,(H,13,14). The summed E-state index contributed by atoms with van der Waals surface area (Å²) in [6, 6.07) is 11.9. The number of rotatable bonds is 4. The first-order chi connectivity index (χ1) is 8.70. The second-order valence-corrected chi connectivity index (χ2v) is 3.47. The van der Waals surface area contributed by atoms with Crippen LogP contribution in [0.5, 0.6) is 5.88 Å². The van der Waals surface area contributed by atoms with Gasteiger partial charge in [0.15, 0.2) is 0 Å². The predicted molar refractivity (Wildman–Crippen MR) is 67.2 cm³/mol. The van der Waals surface area contributed by atoms with Crippen LogP contribution in [0.4, 0.5) is 17.2 Å². The zero-order valence-electron chi connectivity index (χ0n) is 9.66. The van der Waals surface area contributed by atoms with Crippen molar-refractivity contribution in [2.45, 2.75) is 0 Å². The molecule has 0 radical (unpaired) electrons. The van der Waals surface area contributed by atoms with E-state index in [1.54, 1.807) is 12.1 Å². The highest BCUT2D eigenvalue weighted by Gasteiger charge is 2.16. The van der Waals surface area contributed by atoms with Crippen molar-refractivity contribution < 1.29 is 9.66 Å². The summed E-state index contributed by atoms with van der Waals surface area (Å²) < 4.78 is 4.95. The summed E-state index contributed by atoms with van der Waals surface area (Å²) in [4.78, 5) is 14.4. The van der Waals surface area contributed by atoms with E-state index in [1.807, 2.05) is 18.2 Å². The summed E-state index contributed by atoms with van der Waals surface area (Å²) in [5, 5.41) is 13.8. The number of hydrogen-bond donors (Lipinski definition) is 1. The SMILES string of the molecule is COc1ccc([N+](=O)[O-])c(Nc2ccccc2)n1. The summed E-state index contributed by atoms with van der Waals surface area (Å²) in [6.07, 6.45) is 0. The molecule has 18 heavy (non-hydrogen) atoms. The van der Waals surface area contributed by atoms with Gasteiger partial charge in [0.2, 0.25) is 11.7 Å². The molecule has 1 aromatic carbocycles. The minimum Gasteiger partial charge on any atom is -0.481 e. The first-order valence-electron chi connectivity index (χ1n) is 5.22. The van der Waals surface area contributed by atoms with Crippen LogP contribution in [0.2, 0.25) is 0 Å². The van der Waals surface area contributed by atoms with Gasteiger partial charge >= 0.3 is 5.69 Å². The van der Waals surface area contributed by atoms with Gasteiger partial charge in [0, 0.05) is 17.8 Å². The molecule has 6 heteroatoms. The highest BCUT2D eigenvalue weighted by atomic mass is 16.6. The lowest BCUT2D eigenvalue weighted by Crippen LogP contribution is -2.00. The number of pyridine rings is 1. The van der Waals surface area contributed by atoms with Crippen LogP contribution in [0, 0.1) is 10.1 Å². The molecule has 1 heterocycles. The van der Waals surface area contributed by atoms with Gasteiger partial charge in [-0.05, 0) is 12.1 Å². The van der Waals surface area contributed by atoms with Gasteiger partial charge in [-0.25, -0.2) is 0 Å². The maximum absolute atomic E-state index is 10.9. The molecule has 1 N–H and O–H groups in total. The third kappa shape index (κ3) is 2.54. The number of nitrogens with zero attached hydrogens (tertiary/aromatic N) is 2. The van der Waals surface area contributed by atoms with Gasteiger partial charge in [-0.3, -0.25) is 10.1 Å². The minimum absolute atomic E-state index is 0.0975. The van der Waals surface area contributed by atoms with E-state index in [9.17, 15) is 10.1 Å². The Bertz CT molecular complexity index is 558. The number of nitro groups is 1. The van der Waals surface area contributed by atoms with E-state index < -0.39 is 4.92 Å². The number of methoxy groups -OCH3 is 1. The number of ether oxygens (including phenoxy) is 1. The smallest absolute Gasteiger partial charge is 0.311 e. The summed E-state index contributed by atoms with van der Waals surface area (Å²) in [5.74, 6) is 0.476. The van der Waals surface area contributed by atoms with Crippen LogP contribution in [0.1, 0.15) is 0 Å². The molecule has 0 bridgehead atoms. The Kier molecular flexibility index (Phi) is 3.38. The van der Waals surface area contributed by atoms with E-state index >= 15 is 0 Å². The fraction of sp³-hybridized carbons (Fsp3) is 0.0833. The number of anilines is 2. The first-order valence-corrected chi connectivity index (χ1v) is 5.22. The molecule has 0 amide bonds. The van der Waals surface area contributed by atoms with Crippen molar-refractivity contribution in [3.05, 3.63) is 52.6 Å². The second-order valence-electron chi connectivity index (χ2n) is 3.47. The number of aromatic nitrogens is 1. The van der Waals surface area contributed by atoms with Crippen molar-refractivity contribution >= 4 is 17.2 Å². The lowest BCUT2D eigenvalue weighted by molar-refractivity contribution is -0.384. The van der Waals surface area contributed by atoms with Gasteiger partial charge in [-0.2, -0.15) is 4.98 Å². The maximum atomic E-state index is 10.9. The van der Waals surface area contributed by atoms with Crippen LogP contribution in [-0.2, 0) is 0 Å². The molecular weight excluding hydrogens is 234 g/mol. The quantitative estimate of drug-likeness (QED) is 0.662. The lowest BCUT2D eigenvalue weighted by Gasteiger charge is -2.07. The fourth-order valence-electron chi connectivity index (χ4n) is 1.45. The molecule has 6 nitrogen and oxygen atoms in total.